The van der Waals surface area contributed by atoms with Crippen molar-refractivity contribution in [2.75, 3.05) is 7.11 Å². The van der Waals surface area contributed by atoms with Crippen molar-refractivity contribution in [3.8, 4) is 0 Å². The summed E-state index contributed by atoms with van der Waals surface area (Å²) in [5.74, 6) is -0.376. The molecule has 0 heterocycles. The highest BCUT2D eigenvalue weighted by Gasteiger charge is 2.14. The summed E-state index contributed by atoms with van der Waals surface area (Å²) in [6.45, 7) is 2.13. The van der Waals surface area contributed by atoms with E-state index in [1.54, 1.807) is 0 Å². The normalized spacial score (nSPS) is 12.4. The summed E-state index contributed by atoms with van der Waals surface area (Å²) in [4.78, 5) is 2.89. The van der Waals surface area contributed by atoms with E-state index in [2.05, 4.69) is 16.6 Å². The second-order valence-corrected chi connectivity index (χ2v) is 2.89. The van der Waals surface area contributed by atoms with Crippen molar-refractivity contribution in [3.63, 3.8) is 0 Å². The maximum atomic E-state index is 9.07. The molecular weight excluding hydrogens is 180 g/mol. The number of methoxy groups -OCH3 is 1. The average Bonchev–Trinajstić information content (AvgIpc) is 2.22. The van der Waals surface area contributed by atoms with Crippen LogP contribution in [0.4, 0.5) is 0 Å². The Morgan fingerprint density at radius 2 is 2.21 bits per heavy atom. The van der Waals surface area contributed by atoms with Crippen molar-refractivity contribution in [2.45, 2.75) is 32.6 Å². The molecule has 0 aliphatic rings. The van der Waals surface area contributed by atoms with Crippen molar-refractivity contribution < 1.29 is 9.84 Å². The summed E-state index contributed by atoms with van der Waals surface area (Å²) < 4.78 is 4.51. The van der Waals surface area contributed by atoms with E-state index in [4.69, 9.17) is 10.5 Å². The van der Waals surface area contributed by atoms with Crippen molar-refractivity contribution in [1.29, 1.82) is 5.39 Å². The lowest BCUT2D eigenvalue weighted by Gasteiger charge is -1.91. The third kappa shape index (κ3) is 5.20. The van der Waals surface area contributed by atoms with Crippen molar-refractivity contribution in [3.05, 3.63) is 28.8 Å². The largest absolute Gasteiger partial charge is 0.475 e. The molecule has 4 heteroatoms. The molecule has 78 valence electrons. The first-order chi connectivity index (χ1) is 6.76. The summed E-state index contributed by atoms with van der Waals surface area (Å²) in [5.41, 5.74) is 0.0454. The van der Waals surface area contributed by atoms with Crippen LogP contribution in [0.15, 0.2) is 23.8 Å². The highest BCUT2D eigenvalue weighted by Crippen LogP contribution is 2.07. The lowest BCUT2D eigenvalue weighted by Crippen LogP contribution is -1.87. The SMILES string of the molecule is CCCCC/C=C\C([N+]#N)=C(/O)OC. The number of aliphatic hydroxyl groups excluding tert-OH is 1. The van der Waals surface area contributed by atoms with Crippen LogP contribution in [-0.4, -0.2) is 12.2 Å². The van der Waals surface area contributed by atoms with Crippen LogP contribution in [0.25, 0.3) is 4.98 Å². The van der Waals surface area contributed by atoms with E-state index >= 15 is 0 Å². The number of allylic oxidation sites excluding steroid dienone is 2. The van der Waals surface area contributed by atoms with Gasteiger partial charge in [-0.25, -0.2) is 0 Å². The number of hydrogen-bond acceptors (Lipinski definition) is 3. The van der Waals surface area contributed by atoms with Crippen molar-refractivity contribution >= 4 is 0 Å². The summed E-state index contributed by atoms with van der Waals surface area (Å²) in [7, 11) is 1.31. The van der Waals surface area contributed by atoms with Crippen molar-refractivity contribution in [1.82, 2.24) is 0 Å². The van der Waals surface area contributed by atoms with Gasteiger partial charge in [0.05, 0.1) is 7.11 Å². The molecule has 0 spiro atoms. The van der Waals surface area contributed by atoms with E-state index in [9.17, 15) is 0 Å². The Morgan fingerprint density at radius 3 is 2.71 bits per heavy atom. The van der Waals surface area contributed by atoms with Gasteiger partial charge in [-0.1, -0.05) is 25.8 Å². The summed E-state index contributed by atoms with van der Waals surface area (Å²) >= 11 is 0. The van der Waals surface area contributed by atoms with Gasteiger partial charge in [0, 0.05) is 6.08 Å². The lowest BCUT2D eigenvalue weighted by molar-refractivity contribution is 0.133. The Bertz CT molecular complexity index is 251. The standard InChI is InChI=1S/C10H16N2O2/c1-3-4-5-6-7-8-9(12-11)10(13)14-2/h7-8H,3-6H2,1-2H3/p+1/b8-7-,10-9-. The molecule has 1 N–H and O–H groups in total. The van der Waals surface area contributed by atoms with E-state index < -0.39 is 0 Å². The smallest absolute Gasteiger partial charge is 0.463 e. The number of hydrogen-bond donors (Lipinski definition) is 1. The molecule has 0 aromatic carbocycles. The van der Waals surface area contributed by atoms with Gasteiger partial charge in [-0.05, 0) is 12.8 Å². The molecule has 0 radical (unpaired) electrons. The fraction of sp³-hybridized carbons (Fsp3) is 0.600. The Morgan fingerprint density at radius 1 is 1.50 bits per heavy atom. The Hall–Kier alpha value is -1.50. The van der Waals surface area contributed by atoms with E-state index in [1.807, 2.05) is 6.08 Å². The van der Waals surface area contributed by atoms with Gasteiger partial charge in [-0.3, -0.25) is 0 Å². The minimum absolute atomic E-state index is 0.0454. The van der Waals surface area contributed by atoms with E-state index in [1.165, 1.54) is 26.0 Å². The number of aliphatic hydroxyl groups is 1. The molecule has 0 amide bonds. The molecule has 0 aliphatic carbocycles. The second kappa shape index (κ2) is 8.11. The molecule has 0 atom stereocenters. The van der Waals surface area contributed by atoms with Gasteiger partial charge >= 0.3 is 11.6 Å². The first kappa shape index (κ1) is 12.5. The van der Waals surface area contributed by atoms with Gasteiger partial charge in [-0.15, -0.1) is 0 Å². The Balaban J connectivity index is 4.02. The Kier molecular flexibility index (Phi) is 7.24. The lowest BCUT2D eigenvalue weighted by atomic mass is 10.2. The topological polar surface area (TPSA) is 57.6 Å². The average molecular weight is 197 g/mol. The molecule has 0 fully saturated rings. The minimum Gasteiger partial charge on any atom is -0.475 e. The Labute approximate surface area is 84.5 Å². The van der Waals surface area contributed by atoms with E-state index in [0.29, 0.717) is 0 Å². The second-order valence-electron chi connectivity index (χ2n) is 2.89. The van der Waals surface area contributed by atoms with E-state index in [-0.39, 0.29) is 11.6 Å². The third-order valence-corrected chi connectivity index (χ3v) is 1.77. The van der Waals surface area contributed by atoms with Gasteiger partial charge in [-0.2, -0.15) is 0 Å². The molecule has 14 heavy (non-hydrogen) atoms. The van der Waals surface area contributed by atoms with Crippen LogP contribution in [0.1, 0.15) is 32.6 Å². The molecule has 0 unspecified atom stereocenters. The summed E-state index contributed by atoms with van der Waals surface area (Å²) in [6.07, 6.45) is 7.73. The predicted octanol–water partition coefficient (Wildman–Crippen LogP) is 3.35. The van der Waals surface area contributed by atoms with Crippen LogP contribution in [0.2, 0.25) is 0 Å². The van der Waals surface area contributed by atoms with Crippen LogP contribution in [0.3, 0.4) is 0 Å². The number of diazo groups is 1. The number of unbranched alkanes of at least 4 members (excludes halogenated alkanes) is 3. The van der Waals surface area contributed by atoms with Crippen LogP contribution in [-0.2, 0) is 4.74 Å². The predicted molar refractivity (Wildman–Crippen MR) is 55.0 cm³/mol. The maximum Gasteiger partial charge on any atom is 0.463 e. The molecule has 0 saturated heterocycles. The molecule has 0 saturated carbocycles. The zero-order chi connectivity index (χ0) is 10.8. The van der Waals surface area contributed by atoms with Crippen LogP contribution < -0.4 is 0 Å². The first-order valence-electron chi connectivity index (χ1n) is 4.75. The maximum absolute atomic E-state index is 9.07. The number of rotatable bonds is 6. The van der Waals surface area contributed by atoms with Gasteiger partial charge in [0.1, 0.15) is 0 Å². The highest BCUT2D eigenvalue weighted by atomic mass is 16.6. The number of ether oxygens (including phenoxy) is 1. The molecule has 0 aromatic rings. The number of nitrogens with zero attached hydrogens (tertiary/aromatic N) is 2. The van der Waals surface area contributed by atoms with Crippen LogP contribution >= 0.6 is 0 Å². The van der Waals surface area contributed by atoms with Gasteiger partial charge in [0.25, 0.3) is 0 Å². The zero-order valence-corrected chi connectivity index (χ0v) is 8.73. The summed E-state index contributed by atoms with van der Waals surface area (Å²) in [5, 5.41) is 17.6. The van der Waals surface area contributed by atoms with Crippen LogP contribution in [0.5, 0.6) is 0 Å². The molecule has 4 nitrogen and oxygen atoms in total. The molecular formula is C10H17N2O2+. The first-order valence-corrected chi connectivity index (χ1v) is 4.75. The van der Waals surface area contributed by atoms with Gasteiger partial charge in [0.15, 0.2) is 4.98 Å². The van der Waals surface area contributed by atoms with Gasteiger partial charge in [0.2, 0.25) is 5.39 Å². The fourth-order valence-electron chi connectivity index (χ4n) is 0.959. The van der Waals surface area contributed by atoms with E-state index in [0.717, 1.165) is 12.8 Å². The van der Waals surface area contributed by atoms with Crippen molar-refractivity contribution in [2.24, 2.45) is 0 Å². The molecule has 0 bridgehead atoms. The zero-order valence-electron chi connectivity index (χ0n) is 8.73. The molecule has 0 aliphatic heterocycles. The third-order valence-electron chi connectivity index (χ3n) is 1.77. The summed E-state index contributed by atoms with van der Waals surface area (Å²) in [6, 6.07) is 0. The minimum atomic E-state index is -0.376. The quantitative estimate of drug-likeness (QED) is 0.307. The van der Waals surface area contributed by atoms with Crippen LogP contribution in [0, 0.1) is 5.39 Å². The monoisotopic (exact) mass is 197 g/mol. The fourth-order valence-corrected chi connectivity index (χ4v) is 0.959. The van der Waals surface area contributed by atoms with Gasteiger partial charge < -0.3 is 9.84 Å². The highest BCUT2D eigenvalue weighted by molar-refractivity contribution is 5.24. The molecule has 0 rings (SSSR count). The molecule has 0 aromatic heterocycles.